The number of hydrogen-bond acceptors (Lipinski definition) is 5. The Morgan fingerprint density at radius 1 is 1.04 bits per heavy atom. The SMILES string of the molecule is COC1CC2NC(C)NC(NC(C)C3CCCC(C)C3)C2CC1C1CCSC1. The maximum absolute atomic E-state index is 6.03. The fraction of sp³-hybridized carbons (Fsp3) is 1.00. The van der Waals surface area contributed by atoms with Crippen LogP contribution in [0.1, 0.15) is 65.7 Å². The third-order valence-corrected chi connectivity index (χ3v) is 9.53. The summed E-state index contributed by atoms with van der Waals surface area (Å²) in [4.78, 5) is 0. The van der Waals surface area contributed by atoms with Crippen LogP contribution < -0.4 is 16.0 Å². The van der Waals surface area contributed by atoms with Gasteiger partial charge in [0, 0.05) is 25.1 Å². The minimum atomic E-state index is 0.368. The van der Waals surface area contributed by atoms with Gasteiger partial charge < -0.3 is 4.74 Å². The summed E-state index contributed by atoms with van der Waals surface area (Å²) in [5.74, 6) is 6.68. The van der Waals surface area contributed by atoms with Gasteiger partial charge in [-0.3, -0.25) is 16.0 Å². The molecule has 162 valence electrons. The van der Waals surface area contributed by atoms with Gasteiger partial charge in [-0.15, -0.1) is 0 Å². The quantitative estimate of drug-likeness (QED) is 0.644. The first-order valence-corrected chi connectivity index (χ1v) is 13.1. The zero-order chi connectivity index (χ0) is 19.7. The molecule has 2 aliphatic carbocycles. The predicted octanol–water partition coefficient (Wildman–Crippen LogP) is 3.82. The summed E-state index contributed by atoms with van der Waals surface area (Å²) in [7, 11) is 1.94. The van der Waals surface area contributed by atoms with E-state index in [2.05, 4.69) is 48.5 Å². The Bertz CT molecular complexity index is 500. The lowest BCUT2D eigenvalue weighted by molar-refractivity contribution is -0.0502. The van der Waals surface area contributed by atoms with Gasteiger partial charge in [0.1, 0.15) is 0 Å². The maximum Gasteiger partial charge on any atom is 0.0629 e. The van der Waals surface area contributed by atoms with Crippen molar-refractivity contribution in [2.75, 3.05) is 18.6 Å². The van der Waals surface area contributed by atoms with Gasteiger partial charge in [0.2, 0.25) is 0 Å². The first kappa shape index (κ1) is 21.4. The molecular weight excluding hydrogens is 366 g/mol. The molecule has 2 aliphatic heterocycles. The normalized spacial score (nSPS) is 48.2. The first-order chi connectivity index (χ1) is 13.5. The lowest BCUT2D eigenvalue weighted by Crippen LogP contribution is -2.70. The Hall–Kier alpha value is 0.190. The summed E-state index contributed by atoms with van der Waals surface area (Å²) in [6, 6.07) is 1.17. The van der Waals surface area contributed by atoms with Crippen LogP contribution in [0.4, 0.5) is 0 Å². The molecule has 3 N–H and O–H groups in total. The molecule has 4 nitrogen and oxygen atoms in total. The average Bonchev–Trinajstić information content (AvgIpc) is 3.21. The molecule has 4 rings (SSSR count). The summed E-state index contributed by atoms with van der Waals surface area (Å²) in [6.45, 7) is 7.16. The lowest BCUT2D eigenvalue weighted by atomic mass is 9.68. The van der Waals surface area contributed by atoms with Crippen molar-refractivity contribution in [3.63, 3.8) is 0 Å². The summed E-state index contributed by atoms with van der Waals surface area (Å²) < 4.78 is 6.03. The van der Waals surface area contributed by atoms with Crippen LogP contribution in [0.15, 0.2) is 0 Å². The lowest BCUT2D eigenvalue weighted by Gasteiger charge is -2.51. The van der Waals surface area contributed by atoms with Crippen LogP contribution in [-0.2, 0) is 4.74 Å². The third kappa shape index (κ3) is 4.74. The largest absolute Gasteiger partial charge is 0.381 e. The fourth-order valence-electron chi connectivity index (χ4n) is 6.74. The van der Waals surface area contributed by atoms with E-state index in [0.717, 1.165) is 23.7 Å². The molecule has 2 saturated heterocycles. The van der Waals surface area contributed by atoms with Gasteiger partial charge in [0.25, 0.3) is 0 Å². The minimum absolute atomic E-state index is 0.368. The molecule has 0 aromatic carbocycles. The second kappa shape index (κ2) is 9.55. The van der Waals surface area contributed by atoms with Gasteiger partial charge in [-0.25, -0.2) is 0 Å². The van der Waals surface area contributed by atoms with E-state index < -0.39 is 0 Å². The number of nitrogens with one attached hydrogen (secondary N) is 3. The second-order valence-corrected chi connectivity index (χ2v) is 11.5. The maximum atomic E-state index is 6.03. The molecule has 0 bridgehead atoms. The number of methoxy groups -OCH3 is 1. The van der Waals surface area contributed by atoms with E-state index in [1.54, 1.807) is 0 Å². The van der Waals surface area contributed by atoms with E-state index in [-0.39, 0.29) is 0 Å². The predicted molar refractivity (Wildman–Crippen MR) is 119 cm³/mol. The number of rotatable bonds is 5. The van der Waals surface area contributed by atoms with E-state index in [4.69, 9.17) is 4.74 Å². The van der Waals surface area contributed by atoms with Crippen LogP contribution in [0.2, 0.25) is 0 Å². The molecule has 0 aromatic heterocycles. The van der Waals surface area contributed by atoms with Crippen molar-refractivity contribution in [3.8, 4) is 0 Å². The van der Waals surface area contributed by atoms with Crippen LogP contribution in [0, 0.1) is 29.6 Å². The van der Waals surface area contributed by atoms with Crippen molar-refractivity contribution >= 4 is 11.8 Å². The van der Waals surface area contributed by atoms with Crippen LogP contribution >= 0.6 is 11.8 Å². The van der Waals surface area contributed by atoms with Gasteiger partial charge in [0.15, 0.2) is 0 Å². The molecule has 0 aromatic rings. The highest BCUT2D eigenvalue weighted by molar-refractivity contribution is 7.99. The Morgan fingerprint density at radius 2 is 1.89 bits per heavy atom. The van der Waals surface area contributed by atoms with Crippen LogP contribution in [0.3, 0.4) is 0 Å². The van der Waals surface area contributed by atoms with Crippen molar-refractivity contribution < 1.29 is 4.74 Å². The average molecular weight is 410 g/mol. The molecule has 0 radical (unpaired) electrons. The highest BCUT2D eigenvalue weighted by Gasteiger charge is 2.47. The number of fused-ring (bicyclic) bond motifs is 1. The molecule has 10 unspecified atom stereocenters. The van der Waals surface area contributed by atoms with E-state index in [9.17, 15) is 0 Å². The zero-order valence-electron chi connectivity index (χ0n) is 18.5. The van der Waals surface area contributed by atoms with E-state index in [1.807, 2.05) is 7.11 Å². The van der Waals surface area contributed by atoms with Crippen molar-refractivity contribution in [2.45, 2.75) is 96.2 Å². The Balaban J connectivity index is 1.44. The van der Waals surface area contributed by atoms with Crippen molar-refractivity contribution in [3.05, 3.63) is 0 Å². The van der Waals surface area contributed by atoms with Crippen molar-refractivity contribution in [2.24, 2.45) is 29.6 Å². The number of hydrogen-bond donors (Lipinski definition) is 3. The van der Waals surface area contributed by atoms with Gasteiger partial charge in [-0.1, -0.05) is 19.8 Å². The Labute approximate surface area is 177 Å². The smallest absolute Gasteiger partial charge is 0.0629 e. The van der Waals surface area contributed by atoms with Gasteiger partial charge in [-0.05, 0) is 81.1 Å². The van der Waals surface area contributed by atoms with Gasteiger partial charge in [-0.2, -0.15) is 11.8 Å². The monoisotopic (exact) mass is 409 g/mol. The van der Waals surface area contributed by atoms with E-state index in [0.29, 0.717) is 36.4 Å². The third-order valence-electron chi connectivity index (χ3n) is 8.35. The van der Waals surface area contributed by atoms with Crippen molar-refractivity contribution in [1.82, 2.24) is 16.0 Å². The number of ether oxygens (including phenoxy) is 1. The molecule has 10 atom stereocenters. The van der Waals surface area contributed by atoms with Crippen LogP contribution in [0.25, 0.3) is 0 Å². The summed E-state index contributed by atoms with van der Waals surface area (Å²) in [5.41, 5.74) is 0. The molecule has 0 spiro atoms. The molecule has 4 fully saturated rings. The van der Waals surface area contributed by atoms with Crippen molar-refractivity contribution in [1.29, 1.82) is 0 Å². The van der Waals surface area contributed by atoms with Gasteiger partial charge >= 0.3 is 0 Å². The summed E-state index contributed by atoms with van der Waals surface area (Å²) >= 11 is 2.15. The molecule has 2 saturated carbocycles. The first-order valence-electron chi connectivity index (χ1n) is 11.9. The van der Waals surface area contributed by atoms with Gasteiger partial charge in [0.05, 0.1) is 18.4 Å². The summed E-state index contributed by atoms with van der Waals surface area (Å²) in [5, 5.41) is 11.8. The molecule has 0 amide bonds. The van der Waals surface area contributed by atoms with E-state index in [1.165, 1.54) is 56.5 Å². The Morgan fingerprint density at radius 3 is 2.61 bits per heavy atom. The molecular formula is C23H43N3OS. The fourth-order valence-corrected chi connectivity index (χ4v) is 8.09. The second-order valence-electron chi connectivity index (χ2n) is 10.3. The molecule has 28 heavy (non-hydrogen) atoms. The summed E-state index contributed by atoms with van der Waals surface area (Å²) in [6.07, 6.45) is 10.7. The van der Waals surface area contributed by atoms with Crippen LogP contribution in [0.5, 0.6) is 0 Å². The highest BCUT2D eigenvalue weighted by Crippen LogP contribution is 2.43. The molecule has 4 aliphatic rings. The molecule has 2 heterocycles. The number of thioether (sulfide) groups is 1. The standard InChI is InChI=1S/C23H43N3OS/c1-14-6-5-7-17(10-14)15(2)24-23-20-11-19(18-8-9-28-13-18)22(27-4)12-21(20)25-16(3)26-23/h14-26H,5-13H2,1-4H3. The zero-order valence-corrected chi connectivity index (χ0v) is 19.3. The minimum Gasteiger partial charge on any atom is -0.381 e. The topological polar surface area (TPSA) is 45.3 Å². The molecule has 5 heteroatoms. The van der Waals surface area contributed by atoms with E-state index >= 15 is 0 Å². The Kier molecular flexibility index (Phi) is 7.31. The highest BCUT2D eigenvalue weighted by atomic mass is 32.2. The van der Waals surface area contributed by atoms with Crippen LogP contribution in [-0.4, -0.2) is 49.1 Å².